The predicted molar refractivity (Wildman–Crippen MR) is 162 cm³/mol. The molecule has 1 unspecified atom stereocenters. The van der Waals surface area contributed by atoms with Crippen LogP contribution in [-0.4, -0.2) is 94.3 Å². The van der Waals surface area contributed by atoms with E-state index in [0.29, 0.717) is 29.2 Å². The van der Waals surface area contributed by atoms with Gasteiger partial charge in [0.05, 0.1) is 37.1 Å². The number of hydrogen-bond donors (Lipinski definition) is 2. The number of aromatic nitrogens is 2. The summed E-state index contributed by atoms with van der Waals surface area (Å²) in [4.78, 5) is 24.4. The number of benzene rings is 2. The van der Waals surface area contributed by atoms with Crippen molar-refractivity contribution in [2.75, 3.05) is 44.7 Å². The molecule has 2 atom stereocenters. The summed E-state index contributed by atoms with van der Waals surface area (Å²) in [6.07, 6.45) is 0.852. The molecule has 1 amide bonds. The Morgan fingerprint density at radius 2 is 1.89 bits per heavy atom. The van der Waals surface area contributed by atoms with Gasteiger partial charge >= 0.3 is 5.92 Å². The second kappa shape index (κ2) is 13.0. The zero-order valence-corrected chi connectivity index (χ0v) is 25.0. The Kier molecular flexibility index (Phi) is 8.94. The van der Waals surface area contributed by atoms with Crippen LogP contribution in [0.1, 0.15) is 43.2 Å². The van der Waals surface area contributed by atoms with Crippen molar-refractivity contribution in [3.63, 3.8) is 0 Å². The first-order chi connectivity index (χ1) is 21.7. The average molecular weight is 619 g/mol. The molecule has 12 heteroatoms. The predicted octanol–water partition coefficient (Wildman–Crippen LogP) is 4.33. The Bertz CT molecular complexity index is 1550. The van der Waals surface area contributed by atoms with Crippen LogP contribution in [0.25, 0.3) is 11.3 Å². The first-order valence-corrected chi connectivity index (χ1v) is 15.3. The summed E-state index contributed by atoms with van der Waals surface area (Å²) in [5.41, 5.74) is 3.40. The summed E-state index contributed by atoms with van der Waals surface area (Å²) in [6, 6.07) is 17.4. The maximum Gasteiger partial charge on any atom is 0.301 e. The minimum Gasteiger partial charge on any atom is -0.483 e. The van der Waals surface area contributed by atoms with E-state index in [4.69, 9.17) is 9.47 Å². The number of carbonyl (C=O) groups is 1. The molecular formula is C33H36F2N6O4. The highest BCUT2D eigenvalue weighted by Crippen LogP contribution is 2.35. The lowest BCUT2D eigenvalue weighted by molar-refractivity contribution is -0.165. The van der Waals surface area contributed by atoms with Gasteiger partial charge in [0.2, 0.25) is 5.95 Å². The van der Waals surface area contributed by atoms with Crippen molar-refractivity contribution in [3.05, 3.63) is 65.9 Å². The van der Waals surface area contributed by atoms with E-state index in [2.05, 4.69) is 32.3 Å². The van der Waals surface area contributed by atoms with Crippen LogP contribution in [0, 0.1) is 11.3 Å². The molecule has 45 heavy (non-hydrogen) atoms. The fraction of sp³-hybridized carbons (Fsp3) is 0.455. The second-order valence-electron chi connectivity index (χ2n) is 11.9. The topological polar surface area (TPSA) is 124 Å². The number of piperidine rings is 2. The van der Waals surface area contributed by atoms with Gasteiger partial charge in [-0.3, -0.25) is 9.69 Å². The number of aliphatic hydroxyl groups is 1. The fourth-order valence-corrected chi connectivity index (χ4v) is 6.13. The summed E-state index contributed by atoms with van der Waals surface area (Å²) >= 11 is 0. The molecule has 3 fully saturated rings. The molecule has 0 bridgehead atoms. The molecule has 2 aromatic carbocycles. The third kappa shape index (κ3) is 6.91. The lowest BCUT2D eigenvalue weighted by Gasteiger charge is -2.41. The molecule has 10 nitrogen and oxygen atoms in total. The molecular weight excluding hydrogens is 582 g/mol. The van der Waals surface area contributed by atoms with Gasteiger partial charge in [-0.15, -0.1) is 0 Å². The monoisotopic (exact) mass is 618 g/mol. The summed E-state index contributed by atoms with van der Waals surface area (Å²) < 4.78 is 40.7. The second-order valence-corrected chi connectivity index (χ2v) is 11.9. The minimum atomic E-state index is -3.36. The van der Waals surface area contributed by atoms with Crippen LogP contribution in [0.5, 0.6) is 5.75 Å². The highest BCUT2D eigenvalue weighted by molar-refractivity contribution is 5.80. The summed E-state index contributed by atoms with van der Waals surface area (Å²) in [5, 5.41) is 22.5. The third-order valence-electron chi connectivity index (χ3n) is 8.83. The highest BCUT2D eigenvalue weighted by atomic mass is 19.3. The smallest absolute Gasteiger partial charge is 0.301 e. The number of rotatable bonds is 8. The lowest BCUT2D eigenvalue weighted by Crippen LogP contribution is -2.56. The van der Waals surface area contributed by atoms with Gasteiger partial charge in [0, 0.05) is 30.4 Å². The van der Waals surface area contributed by atoms with Crippen LogP contribution >= 0.6 is 0 Å². The van der Waals surface area contributed by atoms with Crippen LogP contribution in [-0.2, 0) is 9.53 Å². The molecule has 0 saturated carbocycles. The highest BCUT2D eigenvalue weighted by Gasteiger charge is 2.48. The number of carbonyl (C=O) groups excluding carboxylic acids is 1. The molecule has 6 rings (SSSR count). The number of anilines is 2. The fourth-order valence-electron chi connectivity index (χ4n) is 6.13. The molecule has 3 aliphatic heterocycles. The lowest BCUT2D eigenvalue weighted by atomic mass is 9.88. The quantitative estimate of drug-likeness (QED) is 0.380. The number of nitriles is 1. The Labute approximate surface area is 260 Å². The first-order valence-electron chi connectivity index (χ1n) is 15.3. The summed E-state index contributed by atoms with van der Waals surface area (Å²) in [5.74, 6) is -3.17. The van der Waals surface area contributed by atoms with Crippen molar-refractivity contribution >= 4 is 17.5 Å². The molecule has 4 heterocycles. The van der Waals surface area contributed by atoms with E-state index in [-0.39, 0.29) is 24.3 Å². The molecule has 0 radical (unpaired) electrons. The van der Waals surface area contributed by atoms with Gasteiger partial charge in [-0.05, 0) is 80.7 Å². The van der Waals surface area contributed by atoms with Crippen molar-refractivity contribution in [1.82, 2.24) is 19.8 Å². The Morgan fingerprint density at radius 1 is 1.13 bits per heavy atom. The Morgan fingerprint density at radius 3 is 2.53 bits per heavy atom. The van der Waals surface area contributed by atoms with Gasteiger partial charge in [-0.25, -0.2) is 18.7 Å². The van der Waals surface area contributed by atoms with Crippen molar-refractivity contribution in [1.29, 1.82) is 5.26 Å². The van der Waals surface area contributed by atoms with Crippen LogP contribution in [0.15, 0.2) is 54.7 Å². The number of alkyl halides is 2. The third-order valence-corrected chi connectivity index (χ3v) is 8.83. The number of hydrogen-bond acceptors (Lipinski definition) is 9. The van der Waals surface area contributed by atoms with Gasteiger partial charge in [-0.2, -0.15) is 5.26 Å². The van der Waals surface area contributed by atoms with Crippen LogP contribution in [0.4, 0.5) is 20.4 Å². The first kappa shape index (κ1) is 30.8. The zero-order chi connectivity index (χ0) is 31.6. The van der Waals surface area contributed by atoms with Crippen molar-refractivity contribution < 1.29 is 28.2 Å². The normalized spacial score (nSPS) is 21.4. The van der Waals surface area contributed by atoms with E-state index in [1.54, 1.807) is 24.4 Å². The maximum atomic E-state index is 14.9. The van der Waals surface area contributed by atoms with Gasteiger partial charge in [0.25, 0.3) is 5.91 Å². The molecule has 0 spiro atoms. The molecule has 3 saturated heterocycles. The number of nitrogens with one attached hydrogen (secondary N) is 1. The Hall–Kier alpha value is -4.18. The minimum absolute atomic E-state index is 0.0132. The van der Waals surface area contributed by atoms with Gasteiger partial charge in [-0.1, -0.05) is 12.1 Å². The van der Waals surface area contributed by atoms with Crippen LogP contribution in [0.2, 0.25) is 0 Å². The standard InChI is InChI=1S/C33H36F2N6O4/c1-21(42)31(43)41-15-11-30(33(34,35)20-41)45-29-7-4-24(16-25(29)17-36)28-8-12-37-32(39-28)38-26-5-2-22(3-6-26)23-9-13-40(14-10-23)27-18-44-19-27/h2-8,12,16,21,23,27,30,42H,9-11,13-15,18-20H2,1H3,(H,37,38,39)/t21-,30?/m1/s1. The zero-order valence-electron chi connectivity index (χ0n) is 25.0. The van der Waals surface area contributed by atoms with Crippen LogP contribution in [0.3, 0.4) is 0 Å². The molecule has 1 aromatic heterocycles. The Balaban J connectivity index is 1.09. The molecule has 3 aliphatic rings. The van der Waals surface area contributed by atoms with Crippen molar-refractivity contribution in [2.45, 2.75) is 56.3 Å². The number of amides is 1. The SMILES string of the molecule is C[C@@H](O)C(=O)N1CCC(Oc2ccc(-c3ccnc(Nc4ccc(C5CCN(C6COC6)CC5)cc4)n3)cc2C#N)C(F)(F)C1. The summed E-state index contributed by atoms with van der Waals surface area (Å²) in [7, 11) is 0. The van der Waals surface area contributed by atoms with Crippen molar-refractivity contribution in [2.24, 2.45) is 0 Å². The molecule has 0 aliphatic carbocycles. The molecule has 2 N–H and O–H groups in total. The van der Waals surface area contributed by atoms with Gasteiger partial charge in [0.15, 0.2) is 6.10 Å². The largest absolute Gasteiger partial charge is 0.483 e. The number of ether oxygens (including phenoxy) is 2. The number of nitrogens with zero attached hydrogens (tertiary/aromatic N) is 5. The maximum absolute atomic E-state index is 14.9. The van der Waals surface area contributed by atoms with Gasteiger partial charge < -0.3 is 24.8 Å². The molecule has 3 aromatic rings. The van der Waals surface area contributed by atoms with Crippen LogP contribution < -0.4 is 10.1 Å². The van der Waals surface area contributed by atoms with E-state index < -0.39 is 30.6 Å². The summed E-state index contributed by atoms with van der Waals surface area (Å²) in [6.45, 7) is 4.29. The number of aliphatic hydroxyl groups excluding tert-OH is 1. The number of halogens is 2. The number of likely N-dealkylation sites (tertiary alicyclic amines) is 2. The molecule has 236 valence electrons. The van der Waals surface area contributed by atoms with E-state index >= 15 is 0 Å². The van der Waals surface area contributed by atoms with E-state index in [1.165, 1.54) is 18.6 Å². The average Bonchev–Trinajstić information content (AvgIpc) is 3.01. The van der Waals surface area contributed by atoms with Gasteiger partial charge in [0.1, 0.15) is 17.9 Å². The van der Waals surface area contributed by atoms with E-state index in [1.807, 2.05) is 18.2 Å². The van der Waals surface area contributed by atoms with Crippen molar-refractivity contribution in [3.8, 4) is 23.1 Å². The van der Waals surface area contributed by atoms with E-state index in [9.17, 15) is 23.9 Å². The van der Waals surface area contributed by atoms with E-state index in [0.717, 1.165) is 49.7 Å².